The average molecular weight is 267 g/mol. The molecule has 0 fully saturated rings. The van der Waals surface area contributed by atoms with Crippen molar-refractivity contribution in [2.75, 3.05) is 0 Å². The van der Waals surface area contributed by atoms with Gasteiger partial charge in [-0.3, -0.25) is 14.4 Å². The zero-order chi connectivity index (χ0) is 14.4. The van der Waals surface area contributed by atoms with Crippen LogP contribution in [0.15, 0.2) is 36.4 Å². The molecule has 3 amide bonds. The molecule has 0 atom stereocenters. The fraction of sp³-hybridized carbons (Fsp3) is 0.188. The van der Waals surface area contributed by atoms with Crippen LogP contribution in [0, 0.1) is 5.92 Å². The molecule has 4 nitrogen and oxygen atoms in total. The first-order chi connectivity index (χ1) is 9.52. The van der Waals surface area contributed by atoms with Gasteiger partial charge in [-0.1, -0.05) is 38.1 Å². The Hall–Kier alpha value is -2.49. The van der Waals surface area contributed by atoms with Gasteiger partial charge in [-0.05, 0) is 17.5 Å². The predicted octanol–water partition coefficient (Wildman–Crippen LogP) is 2.62. The van der Waals surface area contributed by atoms with Crippen LogP contribution in [0.1, 0.15) is 34.6 Å². The van der Waals surface area contributed by atoms with E-state index in [2.05, 4.69) is 0 Å². The van der Waals surface area contributed by atoms with Crippen LogP contribution in [0.25, 0.3) is 10.8 Å². The Bertz CT molecular complexity index is 711. The van der Waals surface area contributed by atoms with Gasteiger partial charge in [-0.15, -0.1) is 0 Å². The van der Waals surface area contributed by atoms with Crippen molar-refractivity contribution >= 4 is 28.5 Å². The molecule has 1 heterocycles. The maximum Gasteiger partial charge on any atom is 0.268 e. The molecule has 1 aliphatic heterocycles. The van der Waals surface area contributed by atoms with Crippen LogP contribution >= 0.6 is 0 Å². The Morgan fingerprint density at radius 2 is 1.45 bits per heavy atom. The van der Waals surface area contributed by atoms with E-state index in [1.54, 1.807) is 38.1 Å². The summed E-state index contributed by atoms with van der Waals surface area (Å²) in [5.41, 5.74) is 0.818. The molecule has 0 N–H and O–H groups in total. The summed E-state index contributed by atoms with van der Waals surface area (Å²) in [6.45, 7) is 3.34. The molecule has 0 aromatic heterocycles. The van der Waals surface area contributed by atoms with E-state index in [-0.39, 0.29) is 0 Å². The van der Waals surface area contributed by atoms with Crippen LogP contribution in [-0.4, -0.2) is 22.6 Å². The van der Waals surface area contributed by atoms with Gasteiger partial charge in [0, 0.05) is 22.4 Å². The number of rotatable bonds is 1. The van der Waals surface area contributed by atoms with Crippen LogP contribution < -0.4 is 0 Å². The molecule has 0 saturated carbocycles. The summed E-state index contributed by atoms with van der Waals surface area (Å²) < 4.78 is 0. The zero-order valence-electron chi connectivity index (χ0n) is 11.2. The number of amides is 3. The fourth-order valence-electron chi connectivity index (χ4n) is 2.49. The first kappa shape index (κ1) is 12.5. The van der Waals surface area contributed by atoms with Gasteiger partial charge in [0.2, 0.25) is 5.91 Å². The predicted molar refractivity (Wildman–Crippen MR) is 74.3 cm³/mol. The van der Waals surface area contributed by atoms with E-state index in [1.807, 2.05) is 12.1 Å². The summed E-state index contributed by atoms with van der Waals surface area (Å²) in [6.07, 6.45) is 0. The van der Waals surface area contributed by atoms with Crippen LogP contribution in [0.4, 0.5) is 0 Å². The van der Waals surface area contributed by atoms with E-state index < -0.39 is 23.6 Å². The summed E-state index contributed by atoms with van der Waals surface area (Å²) >= 11 is 0. The highest BCUT2D eigenvalue weighted by atomic mass is 16.2. The second kappa shape index (κ2) is 4.27. The number of hydrogen-bond donors (Lipinski definition) is 0. The third kappa shape index (κ3) is 1.58. The largest absolute Gasteiger partial charge is 0.274 e. The van der Waals surface area contributed by atoms with Crippen molar-refractivity contribution in [3.63, 3.8) is 0 Å². The van der Waals surface area contributed by atoms with Crippen LogP contribution in [0.2, 0.25) is 0 Å². The first-order valence-electron chi connectivity index (χ1n) is 6.46. The van der Waals surface area contributed by atoms with E-state index >= 15 is 0 Å². The van der Waals surface area contributed by atoms with Gasteiger partial charge >= 0.3 is 0 Å². The van der Waals surface area contributed by atoms with Gasteiger partial charge in [0.05, 0.1) is 0 Å². The zero-order valence-corrected chi connectivity index (χ0v) is 11.2. The maximum absolute atomic E-state index is 12.4. The van der Waals surface area contributed by atoms with Crippen molar-refractivity contribution in [1.82, 2.24) is 4.90 Å². The van der Waals surface area contributed by atoms with E-state index in [0.29, 0.717) is 16.5 Å². The number of benzene rings is 2. The molecule has 20 heavy (non-hydrogen) atoms. The van der Waals surface area contributed by atoms with Crippen molar-refractivity contribution < 1.29 is 14.4 Å². The molecule has 0 aliphatic carbocycles. The smallest absolute Gasteiger partial charge is 0.268 e. The molecule has 1 aliphatic rings. The minimum absolute atomic E-state index is 0.409. The quantitative estimate of drug-likeness (QED) is 0.746. The van der Waals surface area contributed by atoms with Gasteiger partial charge in [0.1, 0.15) is 0 Å². The standard InChI is InChI=1S/C16H13NO3/c1-9(2)14(18)17-15(19)11-7-3-5-10-6-4-8-12(13(10)11)16(17)20/h3-9H,1-2H3. The second-order valence-electron chi connectivity index (χ2n) is 5.15. The highest BCUT2D eigenvalue weighted by Crippen LogP contribution is 2.30. The second-order valence-corrected chi connectivity index (χ2v) is 5.15. The monoisotopic (exact) mass is 267 g/mol. The molecule has 4 heteroatoms. The molecule has 0 unspecified atom stereocenters. The van der Waals surface area contributed by atoms with Crippen molar-refractivity contribution in [3.05, 3.63) is 47.5 Å². The molecule has 0 spiro atoms. The Balaban J connectivity index is 2.29. The van der Waals surface area contributed by atoms with Crippen molar-refractivity contribution in [1.29, 1.82) is 0 Å². The molecular weight excluding hydrogens is 254 g/mol. The Labute approximate surface area is 116 Å². The SMILES string of the molecule is CC(C)C(=O)N1C(=O)c2cccc3cccc(c23)C1=O. The summed E-state index contributed by atoms with van der Waals surface area (Å²) in [6, 6.07) is 10.5. The first-order valence-corrected chi connectivity index (χ1v) is 6.46. The Kier molecular flexibility index (Phi) is 2.67. The number of imide groups is 3. The molecule has 0 saturated heterocycles. The third-order valence-corrected chi connectivity index (χ3v) is 3.49. The minimum atomic E-state index is -0.530. The molecule has 2 aromatic carbocycles. The molecular formula is C16H13NO3. The van der Waals surface area contributed by atoms with E-state index in [4.69, 9.17) is 0 Å². The molecule has 2 aromatic rings. The highest BCUT2D eigenvalue weighted by Gasteiger charge is 2.37. The lowest BCUT2D eigenvalue weighted by molar-refractivity contribution is -0.129. The van der Waals surface area contributed by atoms with Crippen molar-refractivity contribution in [2.45, 2.75) is 13.8 Å². The molecule has 0 bridgehead atoms. The number of carbonyl (C=O) groups is 3. The van der Waals surface area contributed by atoms with Crippen molar-refractivity contribution in [3.8, 4) is 0 Å². The summed E-state index contributed by atoms with van der Waals surface area (Å²) in [5, 5.41) is 1.47. The van der Waals surface area contributed by atoms with Gasteiger partial charge < -0.3 is 0 Å². The van der Waals surface area contributed by atoms with Crippen LogP contribution in [0.5, 0.6) is 0 Å². The van der Waals surface area contributed by atoms with Gasteiger partial charge in [-0.2, -0.15) is 0 Å². The summed E-state index contributed by atoms with van der Waals surface area (Å²) in [5.74, 6) is -1.94. The van der Waals surface area contributed by atoms with Gasteiger partial charge in [0.15, 0.2) is 0 Å². The lowest BCUT2D eigenvalue weighted by Gasteiger charge is -2.26. The number of carbonyl (C=O) groups excluding carboxylic acids is 3. The van der Waals surface area contributed by atoms with Crippen molar-refractivity contribution in [2.24, 2.45) is 5.92 Å². The van der Waals surface area contributed by atoms with Crippen LogP contribution in [-0.2, 0) is 4.79 Å². The topological polar surface area (TPSA) is 54.5 Å². The van der Waals surface area contributed by atoms with Gasteiger partial charge in [0.25, 0.3) is 11.8 Å². The Morgan fingerprint density at radius 3 is 1.90 bits per heavy atom. The average Bonchev–Trinajstić information content (AvgIpc) is 2.44. The number of nitrogens with zero attached hydrogens (tertiary/aromatic N) is 1. The number of hydrogen-bond acceptors (Lipinski definition) is 3. The third-order valence-electron chi connectivity index (χ3n) is 3.49. The molecule has 3 rings (SSSR count). The Morgan fingerprint density at radius 1 is 0.950 bits per heavy atom. The lowest BCUT2D eigenvalue weighted by atomic mass is 9.93. The van der Waals surface area contributed by atoms with E-state index in [1.165, 1.54) is 0 Å². The molecule has 0 radical (unpaired) electrons. The fourth-order valence-corrected chi connectivity index (χ4v) is 2.49. The van der Waals surface area contributed by atoms with E-state index in [9.17, 15) is 14.4 Å². The van der Waals surface area contributed by atoms with Crippen LogP contribution in [0.3, 0.4) is 0 Å². The highest BCUT2D eigenvalue weighted by molar-refractivity contribution is 6.31. The normalized spacial score (nSPS) is 14.2. The summed E-state index contributed by atoms with van der Waals surface area (Å²) in [7, 11) is 0. The molecule has 100 valence electrons. The minimum Gasteiger partial charge on any atom is -0.274 e. The lowest BCUT2D eigenvalue weighted by Crippen LogP contribution is -2.46. The summed E-state index contributed by atoms with van der Waals surface area (Å²) in [4.78, 5) is 37.8. The maximum atomic E-state index is 12.4. The van der Waals surface area contributed by atoms with E-state index in [0.717, 1.165) is 10.3 Å². The van der Waals surface area contributed by atoms with Gasteiger partial charge in [-0.25, -0.2) is 4.90 Å².